The number of rotatable bonds is 4. The van der Waals surface area contributed by atoms with E-state index < -0.39 is 0 Å². The highest BCUT2D eigenvalue weighted by atomic mass is 35.5. The number of fused-ring (bicyclic) bond motifs is 4. The van der Waals surface area contributed by atoms with Crippen molar-refractivity contribution in [2.75, 3.05) is 36.4 Å². The van der Waals surface area contributed by atoms with Gasteiger partial charge in [-0.25, -0.2) is 14.4 Å². The molecule has 0 saturated carbocycles. The summed E-state index contributed by atoms with van der Waals surface area (Å²) >= 11 is 0. The standard InChI is InChI=1S/C19H22FN5O.ClH/c20-15-3-1-2-14(10-15)11-18(26)23-16-12-21-19(22-13-16)25-9-8-24-6-4-17(25)5-7-24;/h1-3,10,12-13,17H,4-9,11H2,(H,23,26);1H. The number of aromatic nitrogens is 2. The molecule has 3 aliphatic rings. The lowest BCUT2D eigenvalue weighted by atomic mass is 10.1. The summed E-state index contributed by atoms with van der Waals surface area (Å²) in [4.78, 5) is 25.8. The zero-order valence-electron chi connectivity index (χ0n) is 15.0. The van der Waals surface area contributed by atoms with Crippen LogP contribution in [0, 0.1) is 5.82 Å². The van der Waals surface area contributed by atoms with Gasteiger partial charge in [-0.3, -0.25) is 4.79 Å². The van der Waals surface area contributed by atoms with E-state index >= 15 is 0 Å². The summed E-state index contributed by atoms with van der Waals surface area (Å²) < 4.78 is 13.2. The minimum Gasteiger partial charge on any atom is -0.336 e. The van der Waals surface area contributed by atoms with Crippen molar-refractivity contribution in [3.05, 3.63) is 48.0 Å². The van der Waals surface area contributed by atoms with Crippen LogP contribution in [-0.2, 0) is 11.2 Å². The van der Waals surface area contributed by atoms with Crippen LogP contribution in [0.15, 0.2) is 36.7 Å². The molecule has 0 aliphatic carbocycles. The largest absolute Gasteiger partial charge is 0.336 e. The average molecular weight is 392 g/mol. The Hall–Kier alpha value is -2.25. The number of hydrogen-bond acceptors (Lipinski definition) is 5. The minimum atomic E-state index is -0.342. The molecular weight excluding hydrogens is 369 g/mol. The van der Waals surface area contributed by atoms with E-state index in [4.69, 9.17) is 0 Å². The van der Waals surface area contributed by atoms with Crippen molar-refractivity contribution < 1.29 is 9.18 Å². The molecular formula is C19H23ClFN5O. The van der Waals surface area contributed by atoms with Crippen molar-refractivity contribution in [1.29, 1.82) is 0 Å². The highest BCUT2D eigenvalue weighted by Gasteiger charge is 2.30. The quantitative estimate of drug-likeness (QED) is 0.867. The van der Waals surface area contributed by atoms with E-state index in [9.17, 15) is 9.18 Å². The fourth-order valence-corrected chi connectivity index (χ4v) is 3.72. The number of nitrogens with one attached hydrogen (secondary N) is 1. The second-order valence-electron chi connectivity index (χ2n) is 6.89. The number of carbonyl (C=O) groups is 1. The molecule has 0 atom stereocenters. The monoisotopic (exact) mass is 391 g/mol. The predicted molar refractivity (Wildman–Crippen MR) is 105 cm³/mol. The van der Waals surface area contributed by atoms with Gasteiger partial charge in [-0.05, 0) is 30.5 Å². The fraction of sp³-hybridized carbons (Fsp3) is 0.421. The van der Waals surface area contributed by atoms with Gasteiger partial charge in [0.15, 0.2) is 0 Å². The van der Waals surface area contributed by atoms with E-state index in [0.29, 0.717) is 17.3 Å². The maximum absolute atomic E-state index is 13.2. The predicted octanol–water partition coefficient (Wildman–Crippen LogP) is 2.50. The van der Waals surface area contributed by atoms with Crippen LogP contribution < -0.4 is 10.2 Å². The molecule has 1 aromatic heterocycles. The maximum Gasteiger partial charge on any atom is 0.228 e. The van der Waals surface area contributed by atoms with Gasteiger partial charge in [-0.1, -0.05) is 12.1 Å². The molecule has 8 heteroatoms. The molecule has 3 fully saturated rings. The molecule has 144 valence electrons. The Morgan fingerprint density at radius 2 is 1.89 bits per heavy atom. The van der Waals surface area contributed by atoms with Gasteiger partial charge < -0.3 is 15.1 Å². The van der Waals surface area contributed by atoms with Crippen molar-refractivity contribution in [3.63, 3.8) is 0 Å². The summed E-state index contributed by atoms with van der Waals surface area (Å²) in [7, 11) is 0. The lowest BCUT2D eigenvalue weighted by Gasteiger charge is -2.31. The van der Waals surface area contributed by atoms with Crippen LogP contribution in [0.5, 0.6) is 0 Å². The highest BCUT2D eigenvalue weighted by molar-refractivity contribution is 5.92. The number of halogens is 2. The van der Waals surface area contributed by atoms with E-state index in [1.807, 2.05) is 0 Å². The van der Waals surface area contributed by atoms with Crippen LogP contribution in [-0.4, -0.2) is 53.0 Å². The van der Waals surface area contributed by atoms with Crippen LogP contribution in [0.4, 0.5) is 16.0 Å². The lowest BCUT2D eigenvalue weighted by Crippen LogP contribution is -2.38. The van der Waals surface area contributed by atoms with E-state index in [0.717, 1.165) is 45.0 Å². The Morgan fingerprint density at radius 3 is 2.59 bits per heavy atom. The topological polar surface area (TPSA) is 61.4 Å². The Morgan fingerprint density at radius 1 is 1.15 bits per heavy atom. The summed E-state index contributed by atoms with van der Waals surface area (Å²) in [6.45, 7) is 4.28. The van der Waals surface area contributed by atoms with Crippen LogP contribution in [0.3, 0.4) is 0 Å². The smallest absolute Gasteiger partial charge is 0.228 e. The molecule has 5 rings (SSSR count). The second kappa shape index (κ2) is 8.63. The fourth-order valence-electron chi connectivity index (χ4n) is 3.72. The molecule has 1 aromatic carbocycles. The molecule has 0 radical (unpaired) electrons. The van der Waals surface area contributed by atoms with E-state index in [-0.39, 0.29) is 30.6 Å². The molecule has 0 spiro atoms. The van der Waals surface area contributed by atoms with Crippen LogP contribution in [0.1, 0.15) is 18.4 Å². The summed E-state index contributed by atoms with van der Waals surface area (Å²) in [5.74, 6) is 0.168. The third-order valence-electron chi connectivity index (χ3n) is 5.09. The van der Waals surface area contributed by atoms with E-state index in [1.54, 1.807) is 24.5 Å². The third-order valence-corrected chi connectivity index (χ3v) is 5.09. The van der Waals surface area contributed by atoms with Crippen molar-refractivity contribution >= 4 is 29.9 Å². The van der Waals surface area contributed by atoms with Crippen molar-refractivity contribution in [2.24, 2.45) is 0 Å². The summed E-state index contributed by atoms with van der Waals surface area (Å²) in [6.07, 6.45) is 5.70. The van der Waals surface area contributed by atoms with Crippen LogP contribution in [0.2, 0.25) is 0 Å². The number of carbonyl (C=O) groups excluding carboxylic acids is 1. The third kappa shape index (κ3) is 4.73. The zero-order chi connectivity index (χ0) is 17.9. The highest BCUT2D eigenvalue weighted by Crippen LogP contribution is 2.24. The summed E-state index contributed by atoms with van der Waals surface area (Å²) in [5.41, 5.74) is 1.19. The number of benzene rings is 1. The van der Waals surface area contributed by atoms with Gasteiger partial charge in [0.1, 0.15) is 5.82 Å². The van der Waals surface area contributed by atoms with Crippen molar-refractivity contribution in [1.82, 2.24) is 14.9 Å². The Kier molecular flexibility index (Phi) is 6.23. The van der Waals surface area contributed by atoms with Gasteiger partial charge in [0, 0.05) is 32.2 Å². The molecule has 2 aromatic rings. The summed E-state index contributed by atoms with van der Waals surface area (Å²) in [5, 5.41) is 2.77. The first-order chi connectivity index (χ1) is 12.7. The number of anilines is 2. The normalized spacial score (nSPS) is 21.3. The average Bonchev–Trinajstić information content (AvgIpc) is 2.96. The van der Waals surface area contributed by atoms with Gasteiger partial charge in [0.05, 0.1) is 24.5 Å². The molecule has 1 N–H and O–H groups in total. The van der Waals surface area contributed by atoms with Crippen molar-refractivity contribution in [2.45, 2.75) is 25.3 Å². The van der Waals surface area contributed by atoms with Gasteiger partial charge >= 0.3 is 0 Å². The molecule has 4 heterocycles. The van der Waals surface area contributed by atoms with Gasteiger partial charge in [0.25, 0.3) is 0 Å². The van der Waals surface area contributed by atoms with Crippen LogP contribution in [0.25, 0.3) is 0 Å². The Bertz CT molecular complexity index is 780. The number of piperidine rings is 1. The first-order valence-corrected chi connectivity index (χ1v) is 9.03. The van der Waals surface area contributed by atoms with Crippen molar-refractivity contribution in [3.8, 4) is 0 Å². The maximum atomic E-state index is 13.2. The SMILES string of the molecule is Cl.O=C(Cc1cccc(F)c1)Nc1cnc(N2CCN3CCC2CC3)nc1. The molecule has 6 nitrogen and oxygen atoms in total. The van der Waals surface area contributed by atoms with Crippen LogP contribution >= 0.6 is 12.4 Å². The molecule has 0 unspecified atom stereocenters. The second-order valence-corrected chi connectivity index (χ2v) is 6.89. The number of amides is 1. The van der Waals surface area contributed by atoms with Gasteiger partial charge in [0.2, 0.25) is 11.9 Å². The first-order valence-electron chi connectivity index (χ1n) is 9.03. The summed E-state index contributed by atoms with van der Waals surface area (Å²) in [6, 6.07) is 6.56. The first kappa shape index (κ1) is 19.5. The molecule has 2 bridgehead atoms. The Balaban J connectivity index is 0.00000210. The molecule has 3 aliphatic heterocycles. The number of hydrogen-bond donors (Lipinski definition) is 1. The molecule has 1 amide bonds. The minimum absolute atomic E-state index is 0. The lowest BCUT2D eigenvalue weighted by molar-refractivity contribution is -0.115. The number of nitrogens with zero attached hydrogens (tertiary/aromatic N) is 4. The van der Waals surface area contributed by atoms with Gasteiger partial charge in [-0.15, -0.1) is 12.4 Å². The van der Waals surface area contributed by atoms with Gasteiger partial charge in [-0.2, -0.15) is 0 Å². The molecule has 27 heavy (non-hydrogen) atoms. The van der Waals surface area contributed by atoms with E-state index in [1.165, 1.54) is 12.1 Å². The Labute approximate surface area is 164 Å². The van der Waals surface area contributed by atoms with E-state index in [2.05, 4.69) is 25.1 Å². The molecule has 3 saturated heterocycles. The zero-order valence-corrected chi connectivity index (χ0v) is 15.8.